The Kier molecular flexibility index (Phi) is 6.35. The largest absolute Gasteiger partial charge is 0.460 e. The number of alkyl halides is 9. The maximum atomic E-state index is 13.0. The van der Waals surface area contributed by atoms with Crippen LogP contribution in [-0.4, -0.2) is 45.9 Å². The van der Waals surface area contributed by atoms with Crippen molar-refractivity contribution >= 4 is 22.0 Å². The van der Waals surface area contributed by atoms with Crippen LogP contribution in [0.4, 0.5) is 39.5 Å². The van der Waals surface area contributed by atoms with Crippen molar-refractivity contribution < 1.29 is 54.2 Å². The Morgan fingerprint density at radius 3 is 1.64 bits per heavy atom. The SMILES string of the molecule is O=C(CO)SC(=O)CCC(F)(F)C(F)(F)C(F)(F)C(F)(F)F. The normalized spacial score (nSPS) is 14.1. The Labute approximate surface area is 120 Å². The molecular formula is C9H7F9O3S. The number of carbonyl (C=O) groups excluding carboxylic acids is 2. The Morgan fingerprint density at radius 2 is 1.27 bits per heavy atom. The van der Waals surface area contributed by atoms with E-state index in [1.807, 2.05) is 0 Å². The van der Waals surface area contributed by atoms with E-state index in [1.54, 1.807) is 0 Å². The summed E-state index contributed by atoms with van der Waals surface area (Å²) in [6.45, 7) is -1.19. The van der Waals surface area contributed by atoms with Crippen LogP contribution in [0.2, 0.25) is 0 Å². The number of thioether (sulfide) groups is 1. The molecule has 0 saturated carbocycles. The van der Waals surface area contributed by atoms with Crippen molar-refractivity contribution in [2.75, 3.05) is 6.61 Å². The third kappa shape index (κ3) is 4.27. The van der Waals surface area contributed by atoms with Crippen LogP contribution in [0.15, 0.2) is 0 Å². The molecule has 0 aliphatic carbocycles. The first-order chi connectivity index (χ1) is 9.60. The van der Waals surface area contributed by atoms with Gasteiger partial charge in [0.25, 0.3) is 0 Å². The van der Waals surface area contributed by atoms with Crippen molar-refractivity contribution in [2.45, 2.75) is 36.8 Å². The molecule has 22 heavy (non-hydrogen) atoms. The van der Waals surface area contributed by atoms with Crippen LogP contribution >= 0.6 is 11.8 Å². The van der Waals surface area contributed by atoms with Crippen molar-refractivity contribution in [1.82, 2.24) is 0 Å². The van der Waals surface area contributed by atoms with Gasteiger partial charge in [-0.15, -0.1) is 0 Å². The summed E-state index contributed by atoms with van der Waals surface area (Å²) in [5.41, 5.74) is 0. The molecule has 0 aliphatic heterocycles. The Hall–Kier alpha value is -0.980. The van der Waals surface area contributed by atoms with Gasteiger partial charge in [0, 0.05) is 12.8 Å². The summed E-state index contributed by atoms with van der Waals surface area (Å²) >= 11 is -0.352. The van der Waals surface area contributed by atoms with Crippen LogP contribution in [0, 0.1) is 0 Å². The highest BCUT2D eigenvalue weighted by Crippen LogP contribution is 2.54. The second kappa shape index (κ2) is 6.64. The van der Waals surface area contributed by atoms with Gasteiger partial charge in [0.2, 0.25) is 5.12 Å². The lowest BCUT2D eigenvalue weighted by atomic mass is 10.00. The van der Waals surface area contributed by atoms with Gasteiger partial charge in [0.05, 0.1) is 0 Å². The Bertz CT molecular complexity index is 433. The molecule has 0 aliphatic rings. The maximum Gasteiger partial charge on any atom is 0.460 e. The predicted molar refractivity (Wildman–Crippen MR) is 54.8 cm³/mol. The van der Waals surface area contributed by atoms with E-state index in [-0.39, 0.29) is 11.8 Å². The third-order valence-corrected chi connectivity index (χ3v) is 3.00. The molecule has 0 rings (SSSR count). The van der Waals surface area contributed by atoms with Gasteiger partial charge in [-0.1, -0.05) is 0 Å². The van der Waals surface area contributed by atoms with Crippen LogP contribution in [0.25, 0.3) is 0 Å². The van der Waals surface area contributed by atoms with E-state index in [0.29, 0.717) is 0 Å². The van der Waals surface area contributed by atoms with Crippen molar-refractivity contribution in [3.05, 3.63) is 0 Å². The molecule has 3 nitrogen and oxygen atoms in total. The maximum absolute atomic E-state index is 13.0. The van der Waals surface area contributed by atoms with Gasteiger partial charge < -0.3 is 5.11 Å². The number of hydrogen-bond acceptors (Lipinski definition) is 4. The van der Waals surface area contributed by atoms with Gasteiger partial charge in [-0.25, -0.2) is 0 Å². The van der Waals surface area contributed by atoms with Crippen LogP contribution in [-0.2, 0) is 9.59 Å². The molecule has 13 heteroatoms. The average Bonchev–Trinajstić information content (AvgIpc) is 2.34. The summed E-state index contributed by atoms with van der Waals surface area (Å²) in [7, 11) is 0. The van der Waals surface area contributed by atoms with E-state index in [4.69, 9.17) is 5.11 Å². The highest BCUT2D eigenvalue weighted by molar-refractivity contribution is 8.26. The van der Waals surface area contributed by atoms with Gasteiger partial charge in [-0.05, 0) is 11.8 Å². The lowest BCUT2D eigenvalue weighted by molar-refractivity contribution is -0.396. The summed E-state index contributed by atoms with van der Waals surface area (Å²) in [6, 6.07) is 0. The first-order valence-corrected chi connectivity index (χ1v) is 5.96. The minimum absolute atomic E-state index is 0.352. The second-order valence-electron chi connectivity index (χ2n) is 3.86. The van der Waals surface area contributed by atoms with Gasteiger partial charge >= 0.3 is 23.9 Å². The molecule has 130 valence electrons. The smallest absolute Gasteiger partial charge is 0.388 e. The predicted octanol–water partition coefficient (Wildman–Crippen LogP) is 3.01. The van der Waals surface area contributed by atoms with E-state index >= 15 is 0 Å². The first-order valence-electron chi connectivity index (χ1n) is 5.14. The molecule has 0 aromatic carbocycles. The topological polar surface area (TPSA) is 54.4 Å². The minimum atomic E-state index is -7.01. The summed E-state index contributed by atoms with van der Waals surface area (Å²) in [5, 5.41) is 5.49. The zero-order chi connectivity index (χ0) is 18.0. The van der Waals surface area contributed by atoms with Crippen LogP contribution in [0.5, 0.6) is 0 Å². The lowest BCUT2D eigenvalue weighted by Crippen LogP contribution is -2.60. The summed E-state index contributed by atoms with van der Waals surface area (Å²) in [5.74, 6) is -19.7. The zero-order valence-electron chi connectivity index (χ0n) is 10.2. The monoisotopic (exact) mass is 366 g/mol. The van der Waals surface area contributed by atoms with E-state index < -0.39 is 53.6 Å². The molecule has 0 saturated heterocycles. The first kappa shape index (κ1) is 21.0. The molecule has 0 aromatic rings. The molecule has 1 N–H and O–H groups in total. The quantitative estimate of drug-likeness (QED) is 0.735. The van der Waals surface area contributed by atoms with Crippen LogP contribution in [0.1, 0.15) is 12.8 Å². The summed E-state index contributed by atoms with van der Waals surface area (Å²) in [6.07, 6.45) is -10.8. The second-order valence-corrected chi connectivity index (χ2v) is 4.97. The van der Waals surface area contributed by atoms with E-state index in [2.05, 4.69) is 0 Å². The number of hydrogen-bond donors (Lipinski definition) is 1. The minimum Gasteiger partial charge on any atom is -0.388 e. The van der Waals surface area contributed by atoms with Crippen LogP contribution < -0.4 is 0 Å². The molecule has 0 amide bonds. The molecule has 0 bridgehead atoms. The molecule has 0 atom stereocenters. The molecule has 0 radical (unpaired) electrons. The average molecular weight is 366 g/mol. The van der Waals surface area contributed by atoms with Crippen molar-refractivity contribution in [3.63, 3.8) is 0 Å². The van der Waals surface area contributed by atoms with Crippen molar-refractivity contribution in [2.24, 2.45) is 0 Å². The number of carbonyl (C=O) groups is 2. The fourth-order valence-corrected chi connectivity index (χ4v) is 1.56. The van der Waals surface area contributed by atoms with E-state index in [9.17, 15) is 49.1 Å². The van der Waals surface area contributed by atoms with Gasteiger partial charge in [-0.2, -0.15) is 39.5 Å². The van der Waals surface area contributed by atoms with E-state index in [1.165, 1.54) is 0 Å². The molecule has 0 heterocycles. The number of aliphatic hydroxyl groups is 1. The van der Waals surface area contributed by atoms with E-state index in [0.717, 1.165) is 0 Å². The molecular weight excluding hydrogens is 359 g/mol. The fourth-order valence-electron chi connectivity index (χ4n) is 1.03. The highest BCUT2D eigenvalue weighted by atomic mass is 32.2. The van der Waals surface area contributed by atoms with Gasteiger partial charge in [0.15, 0.2) is 5.12 Å². The van der Waals surface area contributed by atoms with Gasteiger partial charge in [-0.3, -0.25) is 9.59 Å². The third-order valence-electron chi connectivity index (χ3n) is 2.21. The molecule has 0 fully saturated rings. The standard InChI is InChI=1S/C9H7F9O3S/c10-6(11,2-1-4(20)22-5(21)3-19)7(12,13)8(14,15)9(16,17)18/h19H,1-3H2. The lowest BCUT2D eigenvalue weighted by Gasteiger charge is -2.33. The molecule has 0 spiro atoms. The number of halogens is 9. The van der Waals surface area contributed by atoms with Crippen molar-refractivity contribution in [1.29, 1.82) is 0 Å². The molecule has 0 aromatic heterocycles. The number of rotatable bonds is 6. The fraction of sp³-hybridized carbons (Fsp3) is 0.778. The van der Waals surface area contributed by atoms with Gasteiger partial charge in [0.1, 0.15) is 6.61 Å². The Morgan fingerprint density at radius 1 is 0.818 bits per heavy atom. The van der Waals surface area contributed by atoms with Crippen LogP contribution in [0.3, 0.4) is 0 Å². The highest BCUT2D eigenvalue weighted by Gasteiger charge is 2.81. The number of aliphatic hydroxyl groups excluding tert-OH is 1. The zero-order valence-corrected chi connectivity index (χ0v) is 11.0. The van der Waals surface area contributed by atoms with Crippen molar-refractivity contribution in [3.8, 4) is 0 Å². The molecule has 0 unspecified atom stereocenters. The summed E-state index contributed by atoms with van der Waals surface area (Å²) in [4.78, 5) is 21.4. The Balaban J connectivity index is 5.07. The summed E-state index contributed by atoms with van der Waals surface area (Å²) < 4.78 is 112.